The van der Waals surface area contributed by atoms with Crippen molar-refractivity contribution in [2.24, 2.45) is 11.3 Å². The topological polar surface area (TPSA) is 66.5 Å². The first-order valence-electron chi connectivity index (χ1n) is 12.9. The summed E-state index contributed by atoms with van der Waals surface area (Å²) < 4.78 is 15.1. The van der Waals surface area contributed by atoms with Crippen LogP contribution < -0.4 is 10.2 Å². The first-order valence-corrected chi connectivity index (χ1v) is 12.9. The number of halogens is 1. The minimum Gasteiger partial charge on any atom is -0.352 e. The minimum atomic E-state index is -1.43. The average molecular weight is 509 g/mol. The lowest BCUT2D eigenvalue weighted by Gasteiger charge is -2.38. The number of para-hydroxylation sites is 1. The zero-order valence-corrected chi connectivity index (χ0v) is 21.8. The van der Waals surface area contributed by atoms with E-state index in [0.29, 0.717) is 11.3 Å². The van der Waals surface area contributed by atoms with E-state index in [1.54, 1.807) is 12.1 Å². The van der Waals surface area contributed by atoms with Crippen LogP contribution in [0.15, 0.2) is 72.8 Å². The quantitative estimate of drug-likeness (QED) is 0.460. The molecule has 1 fully saturated rings. The number of fused-ring (bicyclic) bond motifs is 6. The number of carbonyl (C=O) groups is 3. The Labute approximate surface area is 221 Å². The van der Waals surface area contributed by atoms with Gasteiger partial charge in [0, 0.05) is 16.8 Å². The van der Waals surface area contributed by atoms with Gasteiger partial charge in [-0.25, -0.2) is 4.39 Å². The van der Waals surface area contributed by atoms with Crippen molar-refractivity contribution in [3.05, 3.63) is 101 Å². The predicted octanol–water partition coefficient (Wildman–Crippen LogP) is 5.72. The fraction of sp³-hybridized carbons (Fsp3) is 0.281. The van der Waals surface area contributed by atoms with Crippen LogP contribution in [0.2, 0.25) is 0 Å². The molecule has 0 bridgehead atoms. The lowest BCUT2D eigenvalue weighted by molar-refractivity contribution is -0.128. The molecule has 0 saturated carbocycles. The minimum absolute atomic E-state index is 0.117. The van der Waals surface area contributed by atoms with E-state index in [9.17, 15) is 14.4 Å². The molecule has 1 spiro atoms. The van der Waals surface area contributed by atoms with Crippen LogP contribution in [0.1, 0.15) is 47.8 Å². The molecule has 6 rings (SSSR count). The molecule has 0 unspecified atom stereocenters. The highest BCUT2D eigenvalue weighted by Crippen LogP contribution is 2.58. The monoisotopic (exact) mass is 508 g/mol. The molecule has 192 valence electrons. The smallest absolute Gasteiger partial charge is 0.238 e. The predicted molar refractivity (Wildman–Crippen MR) is 146 cm³/mol. The van der Waals surface area contributed by atoms with Crippen molar-refractivity contribution in [3.63, 3.8) is 0 Å². The zero-order chi connectivity index (χ0) is 27.0. The third-order valence-electron chi connectivity index (χ3n) is 8.22. The lowest BCUT2D eigenvalue weighted by Crippen LogP contribution is -2.51. The van der Waals surface area contributed by atoms with Crippen molar-refractivity contribution >= 4 is 34.9 Å². The van der Waals surface area contributed by atoms with Crippen LogP contribution in [0, 0.1) is 24.1 Å². The highest BCUT2D eigenvalue weighted by atomic mass is 19.1. The Kier molecular flexibility index (Phi) is 5.25. The van der Waals surface area contributed by atoms with E-state index >= 15 is 4.39 Å². The molecule has 3 aliphatic heterocycles. The van der Waals surface area contributed by atoms with Crippen LogP contribution in [-0.4, -0.2) is 29.6 Å². The number of hydrogen-bond acceptors (Lipinski definition) is 4. The Hall–Kier alpha value is -4.06. The Morgan fingerprint density at radius 2 is 1.71 bits per heavy atom. The van der Waals surface area contributed by atoms with Gasteiger partial charge in [-0.05, 0) is 48.4 Å². The Morgan fingerprint density at radius 3 is 2.45 bits per heavy atom. The van der Waals surface area contributed by atoms with Crippen LogP contribution in [0.5, 0.6) is 0 Å². The van der Waals surface area contributed by atoms with Crippen molar-refractivity contribution in [2.75, 3.05) is 10.2 Å². The second kappa shape index (κ2) is 8.22. The number of anilines is 2. The Morgan fingerprint density at radius 1 is 1.00 bits per heavy atom. The second-order valence-corrected chi connectivity index (χ2v) is 11.5. The van der Waals surface area contributed by atoms with Crippen molar-refractivity contribution in [1.29, 1.82) is 0 Å². The first kappa shape index (κ1) is 24.3. The number of hydrogen-bond donors (Lipinski definition) is 1. The second-order valence-electron chi connectivity index (χ2n) is 11.5. The van der Waals surface area contributed by atoms with E-state index in [0.717, 1.165) is 16.8 Å². The number of rotatable bonds is 3. The third-order valence-corrected chi connectivity index (χ3v) is 8.22. The molecule has 3 aromatic carbocycles. The fourth-order valence-corrected chi connectivity index (χ4v) is 6.57. The Balaban J connectivity index is 1.70. The molecule has 38 heavy (non-hydrogen) atoms. The summed E-state index contributed by atoms with van der Waals surface area (Å²) >= 11 is 0. The molecule has 0 aromatic heterocycles. The van der Waals surface area contributed by atoms with Crippen molar-refractivity contribution in [2.45, 2.75) is 45.2 Å². The summed E-state index contributed by atoms with van der Waals surface area (Å²) in [5.41, 5.74) is 1.64. The molecule has 3 heterocycles. The summed E-state index contributed by atoms with van der Waals surface area (Å²) in [6.07, 6.45) is 3.90. The maximum Gasteiger partial charge on any atom is 0.238 e. The van der Waals surface area contributed by atoms with E-state index in [-0.39, 0.29) is 17.3 Å². The van der Waals surface area contributed by atoms with Gasteiger partial charge >= 0.3 is 0 Å². The van der Waals surface area contributed by atoms with E-state index in [1.165, 1.54) is 18.2 Å². The first-order chi connectivity index (χ1) is 18.1. The van der Waals surface area contributed by atoms with Gasteiger partial charge in [0.25, 0.3) is 0 Å². The van der Waals surface area contributed by atoms with Gasteiger partial charge in [0.15, 0.2) is 11.6 Å². The molecule has 1 N–H and O–H groups in total. The molecule has 1 amide bonds. The standard InChI is InChI=1S/C32H29FN2O3/c1-18-13-15-24-19(17-18)14-16-25-32(21-10-6-8-12-23(21)34-30(32)38)26(27(35(24)25)29(37)31(2,3)4)28(36)20-9-5-7-11-22(20)33/h5-17,25-27H,1-4H3,(H,34,38)/t25-,26-,27-,32-/m0/s1. The number of aryl methyl sites for hydroxylation is 1. The largest absolute Gasteiger partial charge is 0.352 e. The Bertz CT molecular complexity index is 1550. The molecule has 3 aliphatic rings. The molecule has 5 nitrogen and oxygen atoms in total. The van der Waals surface area contributed by atoms with Crippen LogP contribution in [-0.2, 0) is 15.0 Å². The maximum absolute atomic E-state index is 15.1. The van der Waals surface area contributed by atoms with Gasteiger partial charge in [-0.15, -0.1) is 0 Å². The van der Waals surface area contributed by atoms with E-state index in [4.69, 9.17) is 0 Å². The number of ketones is 2. The van der Waals surface area contributed by atoms with Gasteiger partial charge in [-0.1, -0.05) is 74.9 Å². The highest BCUT2D eigenvalue weighted by Gasteiger charge is 2.70. The van der Waals surface area contributed by atoms with E-state index in [1.807, 2.05) is 81.1 Å². The normalized spacial score (nSPS) is 25.1. The molecular weight excluding hydrogens is 479 g/mol. The SMILES string of the molecule is Cc1ccc2c(c1)C=C[C@@H]1N2[C@H](C(=O)C(C)(C)C)[C@@H](C(=O)c2ccccc2F)[C@@]12C(=O)Nc1ccccc12. The number of benzene rings is 3. The van der Waals surface area contributed by atoms with Gasteiger partial charge in [0.1, 0.15) is 17.3 Å². The number of Topliss-reactive ketones (excluding diaryl/α,β-unsaturated/α-hetero) is 2. The van der Waals surface area contributed by atoms with Crippen molar-refractivity contribution in [1.82, 2.24) is 0 Å². The third kappa shape index (κ3) is 3.19. The fourth-order valence-electron chi connectivity index (χ4n) is 6.57. The molecule has 3 aromatic rings. The van der Waals surface area contributed by atoms with Crippen LogP contribution in [0.4, 0.5) is 15.8 Å². The molecule has 6 heteroatoms. The summed E-state index contributed by atoms with van der Waals surface area (Å²) in [6.45, 7) is 7.45. The zero-order valence-electron chi connectivity index (χ0n) is 21.8. The van der Waals surface area contributed by atoms with Gasteiger partial charge in [0.2, 0.25) is 5.91 Å². The molecule has 0 radical (unpaired) electrons. The molecule has 4 atom stereocenters. The summed E-state index contributed by atoms with van der Waals surface area (Å²) in [6, 6.07) is 17.4. The van der Waals surface area contributed by atoms with Crippen LogP contribution >= 0.6 is 0 Å². The maximum atomic E-state index is 15.1. The van der Waals surface area contributed by atoms with Gasteiger partial charge in [-0.2, -0.15) is 0 Å². The van der Waals surface area contributed by atoms with Gasteiger partial charge in [0.05, 0.1) is 17.5 Å². The summed E-state index contributed by atoms with van der Waals surface area (Å²) in [7, 11) is 0. The number of nitrogens with one attached hydrogen (secondary N) is 1. The number of amides is 1. The average Bonchev–Trinajstić information content (AvgIpc) is 3.35. The van der Waals surface area contributed by atoms with Gasteiger partial charge in [-0.3, -0.25) is 14.4 Å². The van der Waals surface area contributed by atoms with Crippen LogP contribution in [0.3, 0.4) is 0 Å². The molecule has 0 aliphatic carbocycles. The summed E-state index contributed by atoms with van der Waals surface area (Å²) in [4.78, 5) is 45.0. The van der Waals surface area contributed by atoms with Crippen molar-refractivity contribution in [3.8, 4) is 0 Å². The number of nitrogens with zero attached hydrogens (tertiary/aromatic N) is 1. The van der Waals surface area contributed by atoms with Crippen LogP contribution in [0.25, 0.3) is 6.08 Å². The molecular formula is C32H29FN2O3. The van der Waals surface area contributed by atoms with Crippen molar-refractivity contribution < 1.29 is 18.8 Å². The number of carbonyl (C=O) groups excluding carboxylic acids is 3. The highest BCUT2D eigenvalue weighted by molar-refractivity contribution is 6.17. The molecule has 1 saturated heterocycles. The summed E-state index contributed by atoms with van der Waals surface area (Å²) in [5.74, 6) is -2.90. The lowest BCUT2D eigenvalue weighted by atomic mass is 9.63. The van der Waals surface area contributed by atoms with E-state index < -0.39 is 40.4 Å². The van der Waals surface area contributed by atoms with Gasteiger partial charge < -0.3 is 10.2 Å². The summed E-state index contributed by atoms with van der Waals surface area (Å²) in [5, 5.41) is 2.99. The van der Waals surface area contributed by atoms with E-state index in [2.05, 4.69) is 5.32 Å².